The molecular formula is C22H42N3O+. The highest BCUT2D eigenvalue weighted by Crippen LogP contribution is 2.12. The van der Waals surface area contributed by atoms with Gasteiger partial charge >= 0.3 is 0 Å². The maximum absolute atomic E-state index is 11.8. The van der Waals surface area contributed by atoms with E-state index in [1.807, 2.05) is 34.9 Å². The van der Waals surface area contributed by atoms with Gasteiger partial charge in [0.25, 0.3) is 5.91 Å². The zero-order chi connectivity index (χ0) is 18.9. The van der Waals surface area contributed by atoms with Gasteiger partial charge in [-0.1, -0.05) is 90.4 Å². The molecule has 0 aliphatic carbocycles. The Hall–Kier alpha value is -1.32. The van der Waals surface area contributed by atoms with Crippen molar-refractivity contribution in [1.29, 1.82) is 0 Å². The maximum Gasteiger partial charge on any atom is 0.262 e. The number of nitrogens with one attached hydrogen (secondary N) is 1. The van der Waals surface area contributed by atoms with Crippen LogP contribution in [0.15, 0.2) is 18.7 Å². The number of unbranched alkanes of at least 4 members (excludes halogenated alkanes) is 13. The van der Waals surface area contributed by atoms with E-state index in [2.05, 4.69) is 12.2 Å². The SMILES string of the molecule is CCCCCCCCCCCCCCCCNC(=O)Cn1cc[n+](C)c1. The van der Waals surface area contributed by atoms with Gasteiger partial charge in [-0.15, -0.1) is 0 Å². The van der Waals surface area contributed by atoms with Crippen molar-refractivity contribution in [3.8, 4) is 0 Å². The van der Waals surface area contributed by atoms with Crippen LogP contribution in [-0.4, -0.2) is 17.0 Å². The average Bonchev–Trinajstić information content (AvgIpc) is 3.03. The lowest BCUT2D eigenvalue weighted by atomic mass is 10.0. The Bertz CT molecular complexity index is 456. The van der Waals surface area contributed by atoms with Gasteiger partial charge in [-0.25, -0.2) is 9.13 Å². The molecule has 4 heteroatoms. The number of aromatic nitrogens is 2. The van der Waals surface area contributed by atoms with Crippen LogP contribution in [0.5, 0.6) is 0 Å². The number of carbonyl (C=O) groups excluding carboxylic acids is 1. The van der Waals surface area contributed by atoms with Crippen LogP contribution in [0.25, 0.3) is 0 Å². The third kappa shape index (κ3) is 13.0. The van der Waals surface area contributed by atoms with Crippen LogP contribution < -0.4 is 9.88 Å². The molecule has 0 aliphatic rings. The fourth-order valence-electron chi connectivity index (χ4n) is 3.36. The minimum Gasteiger partial charge on any atom is -0.353 e. The standard InChI is InChI=1S/C22H41N3O/c1-3-4-5-6-7-8-9-10-11-12-13-14-15-16-17-23-22(26)20-25-19-18-24(2)21-25/h18-19,21H,3-17,20H2,1-2H3/p+1. The number of rotatable bonds is 17. The van der Waals surface area contributed by atoms with Crippen molar-refractivity contribution in [2.24, 2.45) is 7.05 Å². The zero-order valence-corrected chi connectivity index (χ0v) is 17.3. The van der Waals surface area contributed by atoms with Gasteiger partial charge in [-0.05, 0) is 6.42 Å². The Morgan fingerprint density at radius 1 is 0.846 bits per heavy atom. The van der Waals surface area contributed by atoms with E-state index in [0.717, 1.165) is 13.0 Å². The quantitative estimate of drug-likeness (QED) is 0.309. The fraction of sp³-hybridized carbons (Fsp3) is 0.818. The molecule has 1 rings (SSSR count). The summed E-state index contributed by atoms with van der Waals surface area (Å²) >= 11 is 0. The average molecular weight is 365 g/mol. The number of aryl methyl sites for hydroxylation is 1. The first-order valence-corrected chi connectivity index (χ1v) is 11.0. The van der Waals surface area contributed by atoms with Crippen LogP contribution in [0.1, 0.15) is 96.8 Å². The summed E-state index contributed by atoms with van der Waals surface area (Å²) in [7, 11) is 1.96. The van der Waals surface area contributed by atoms with E-state index in [4.69, 9.17) is 0 Å². The van der Waals surface area contributed by atoms with Gasteiger partial charge in [0.2, 0.25) is 6.33 Å². The van der Waals surface area contributed by atoms with Crippen molar-refractivity contribution in [2.45, 2.75) is 103 Å². The van der Waals surface area contributed by atoms with Gasteiger partial charge in [0.15, 0.2) is 6.54 Å². The summed E-state index contributed by atoms with van der Waals surface area (Å²) in [6, 6.07) is 0. The van der Waals surface area contributed by atoms with Gasteiger partial charge in [0.1, 0.15) is 12.4 Å². The lowest BCUT2D eigenvalue weighted by molar-refractivity contribution is -0.671. The smallest absolute Gasteiger partial charge is 0.262 e. The summed E-state index contributed by atoms with van der Waals surface area (Å²) in [4.78, 5) is 11.8. The molecule has 0 atom stereocenters. The van der Waals surface area contributed by atoms with Crippen LogP contribution in [0, 0.1) is 0 Å². The number of carbonyl (C=O) groups is 1. The number of hydrogen-bond acceptors (Lipinski definition) is 1. The fourth-order valence-corrected chi connectivity index (χ4v) is 3.36. The molecule has 0 saturated carbocycles. The van der Waals surface area contributed by atoms with Crippen LogP contribution in [-0.2, 0) is 18.4 Å². The van der Waals surface area contributed by atoms with Crippen LogP contribution in [0.3, 0.4) is 0 Å². The Morgan fingerprint density at radius 2 is 1.35 bits per heavy atom. The van der Waals surface area contributed by atoms with Crippen molar-refractivity contribution in [3.05, 3.63) is 18.7 Å². The first kappa shape index (κ1) is 22.7. The summed E-state index contributed by atoms with van der Waals surface area (Å²) in [5, 5.41) is 3.01. The zero-order valence-electron chi connectivity index (χ0n) is 17.3. The molecule has 4 nitrogen and oxygen atoms in total. The molecule has 0 aromatic carbocycles. The van der Waals surface area contributed by atoms with E-state index >= 15 is 0 Å². The van der Waals surface area contributed by atoms with Crippen LogP contribution in [0.4, 0.5) is 0 Å². The molecule has 1 aromatic heterocycles. The van der Waals surface area contributed by atoms with E-state index in [0.29, 0.717) is 6.54 Å². The lowest BCUT2D eigenvalue weighted by Crippen LogP contribution is -2.29. The van der Waals surface area contributed by atoms with Crippen molar-refractivity contribution >= 4 is 5.91 Å². The second-order valence-corrected chi connectivity index (χ2v) is 7.70. The number of amides is 1. The predicted molar refractivity (Wildman–Crippen MR) is 109 cm³/mol. The normalized spacial score (nSPS) is 11.0. The van der Waals surface area contributed by atoms with Crippen molar-refractivity contribution in [2.75, 3.05) is 6.54 Å². The third-order valence-corrected chi connectivity index (χ3v) is 5.00. The monoisotopic (exact) mass is 364 g/mol. The molecule has 0 fully saturated rings. The molecule has 1 amide bonds. The van der Waals surface area contributed by atoms with Gasteiger partial charge < -0.3 is 5.32 Å². The summed E-state index contributed by atoms with van der Waals surface area (Å²) in [5.41, 5.74) is 0. The highest BCUT2D eigenvalue weighted by atomic mass is 16.1. The van der Waals surface area contributed by atoms with E-state index in [9.17, 15) is 4.79 Å². The molecule has 0 aliphatic heterocycles. The predicted octanol–water partition coefficient (Wildman–Crippen LogP) is 4.91. The lowest BCUT2D eigenvalue weighted by Gasteiger charge is -2.04. The minimum atomic E-state index is 0.107. The molecular weight excluding hydrogens is 322 g/mol. The Balaban J connectivity index is 1.77. The van der Waals surface area contributed by atoms with E-state index in [-0.39, 0.29) is 5.91 Å². The number of nitrogens with zero attached hydrogens (tertiary/aromatic N) is 2. The van der Waals surface area contributed by atoms with Crippen molar-refractivity contribution < 1.29 is 9.36 Å². The molecule has 26 heavy (non-hydrogen) atoms. The molecule has 0 bridgehead atoms. The largest absolute Gasteiger partial charge is 0.353 e. The molecule has 0 saturated heterocycles. The van der Waals surface area contributed by atoms with Crippen LogP contribution >= 0.6 is 0 Å². The van der Waals surface area contributed by atoms with Crippen molar-refractivity contribution in [1.82, 2.24) is 9.88 Å². The van der Waals surface area contributed by atoms with E-state index in [1.54, 1.807) is 0 Å². The topological polar surface area (TPSA) is 37.9 Å². The molecule has 0 spiro atoms. The van der Waals surface area contributed by atoms with E-state index in [1.165, 1.54) is 83.5 Å². The Morgan fingerprint density at radius 3 is 1.81 bits per heavy atom. The highest BCUT2D eigenvalue weighted by molar-refractivity contribution is 5.75. The first-order chi connectivity index (χ1) is 12.7. The first-order valence-electron chi connectivity index (χ1n) is 11.0. The Kier molecular flexibility index (Phi) is 13.9. The molecule has 0 unspecified atom stereocenters. The third-order valence-electron chi connectivity index (χ3n) is 5.00. The van der Waals surface area contributed by atoms with Gasteiger partial charge in [0.05, 0.1) is 7.05 Å². The number of hydrogen-bond donors (Lipinski definition) is 1. The summed E-state index contributed by atoms with van der Waals surface area (Å²) in [6.45, 7) is 3.50. The summed E-state index contributed by atoms with van der Waals surface area (Å²) < 4.78 is 3.85. The molecule has 1 heterocycles. The molecule has 1 N–H and O–H groups in total. The Labute approximate surface area is 161 Å². The molecule has 1 aromatic rings. The number of imidazole rings is 1. The molecule has 0 radical (unpaired) electrons. The van der Waals surface area contributed by atoms with E-state index < -0.39 is 0 Å². The summed E-state index contributed by atoms with van der Waals surface area (Å²) in [6.07, 6.45) is 24.9. The van der Waals surface area contributed by atoms with Gasteiger partial charge in [-0.2, -0.15) is 0 Å². The van der Waals surface area contributed by atoms with Gasteiger partial charge in [-0.3, -0.25) is 4.79 Å². The minimum absolute atomic E-state index is 0.107. The van der Waals surface area contributed by atoms with Crippen LogP contribution in [0.2, 0.25) is 0 Å². The second kappa shape index (κ2) is 15.9. The summed E-state index contributed by atoms with van der Waals surface area (Å²) in [5.74, 6) is 0.107. The van der Waals surface area contributed by atoms with Gasteiger partial charge in [0, 0.05) is 6.54 Å². The molecule has 150 valence electrons. The van der Waals surface area contributed by atoms with Crippen molar-refractivity contribution in [3.63, 3.8) is 0 Å². The maximum atomic E-state index is 11.8. The second-order valence-electron chi connectivity index (χ2n) is 7.70. The highest BCUT2D eigenvalue weighted by Gasteiger charge is 2.06.